The summed E-state index contributed by atoms with van der Waals surface area (Å²) in [6.45, 7) is 5.89. The molecule has 0 bridgehead atoms. The number of hydrogen-bond donors (Lipinski definition) is 2. The number of aryl methyl sites for hydroxylation is 3. The predicted octanol–water partition coefficient (Wildman–Crippen LogP) is 6.52. The number of nitrogens with zero attached hydrogens (tertiary/aromatic N) is 5. The number of allylic oxidation sites excluding steroid dienone is 2. The Balaban J connectivity index is 1.33. The zero-order valence-electron chi connectivity index (χ0n) is 21.6. The molecule has 0 aliphatic carbocycles. The van der Waals surface area contributed by atoms with Crippen molar-refractivity contribution in [1.82, 2.24) is 35.1 Å². The number of nitrogens with one attached hydrogen (secondary N) is 2. The molecule has 0 unspecified atom stereocenters. The van der Waals surface area contributed by atoms with Gasteiger partial charge in [0.25, 0.3) is 0 Å². The Bertz CT molecular complexity index is 1780. The van der Waals surface area contributed by atoms with Gasteiger partial charge < -0.3 is 4.98 Å². The zero-order valence-corrected chi connectivity index (χ0v) is 21.6. The first kappa shape index (κ1) is 24.2. The lowest BCUT2D eigenvalue weighted by atomic mass is 10.0. The molecule has 0 amide bonds. The molecule has 0 fully saturated rings. The number of aromatic nitrogens is 7. The summed E-state index contributed by atoms with van der Waals surface area (Å²) >= 11 is 0. The molecular formula is C32H27N7. The second-order valence-electron chi connectivity index (χ2n) is 9.37. The molecular weight excluding hydrogens is 482 g/mol. The Morgan fingerprint density at radius 1 is 0.923 bits per heavy atom. The third-order valence-corrected chi connectivity index (χ3v) is 6.70. The van der Waals surface area contributed by atoms with E-state index in [4.69, 9.17) is 4.98 Å². The number of benzene rings is 1. The monoisotopic (exact) mass is 509 g/mol. The minimum absolute atomic E-state index is 0.680. The average molecular weight is 510 g/mol. The molecule has 1 aromatic carbocycles. The maximum absolute atomic E-state index is 4.95. The van der Waals surface area contributed by atoms with E-state index in [2.05, 4.69) is 67.0 Å². The second-order valence-corrected chi connectivity index (χ2v) is 9.37. The maximum Gasteiger partial charge on any atom is 0.159 e. The number of rotatable bonds is 8. The molecule has 39 heavy (non-hydrogen) atoms. The van der Waals surface area contributed by atoms with Gasteiger partial charge in [-0.1, -0.05) is 55.1 Å². The van der Waals surface area contributed by atoms with Gasteiger partial charge in [-0.2, -0.15) is 5.10 Å². The number of aromatic amines is 2. The Labute approximate surface area is 226 Å². The quantitative estimate of drug-likeness (QED) is 0.228. The third-order valence-electron chi connectivity index (χ3n) is 6.70. The van der Waals surface area contributed by atoms with Gasteiger partial charge in [0.1, 0.15) is 5.69 Å². The highest BCUT2D eigenvalue weighted by Gasteiger charge is 2.18. The first-order chi connectivity index (χ1) is 19.2. The van der Waals surface area contributed by atoms with Crippen LogP contribution in [0.3, 0.4) is 0 Å². The summed E-state index contributed by atoms with van der Waals surface area (Å²) in [7, 11) is 0. The molecule has 6 aromatic rings. The fourth-order valence-electron chi connectivity index (χ4n) is 4.74. The van der Waals surface area contributed by atoms with Crippen LogP contribution in [0.2, 0.25) is 0 Å². The second kappa shape index (κ2) is 10.7. The molecule has 0 saturated heterocycles. The number of fused-ring (bicyclic) bond motifs is 1. The van der Waals surface area contributed by atoms with Crippen molar-refractivity contribution in [3.8, 4) is 22.8 Å². The van der Waals surface area contributed by atoms with Gasteiger partial charge in [-0.05, 0) is 49.1 Å². The molecule has 5 aromatic heterocycles. The molecule has 7 nitrogen and oxygen atoms in total. The van der Waals surface area contributed by atoms with Crippen LogP contribution >= 0.6 is 0 Å². The summed E-state index contributed by atoms with van der Waals surface area (Å²) in [6.07, 6.45) is 14.8. The van der Waals surface area contributed by atoms with Crippen molar-refractivity contribution in [2.45, 2.75) is 19.8 Å². The molecule has 0 radical (unpaired) electrons. The van der Waals surface area contributed by atoms with Crippen LogP contribution in [0.25, 0.3) is 39.3 Å². The lowest BCUT2D eigenvalue weighted by molar-refractivity contribution is 0.950. The van der Waals surface area contributed by atoms with Gasteiger partial charge in [-0.25, -0.2) is 4.98 Å². The van der Waals surface area contributed by atoms with Crippen LogP contribution in [-0.4, -0.2) is 35.1 Å². The molecule has 2 N–H and O–H groups in total. The summed E-state index contributed by atoms with van der Waals surface area (Å²) in [5, 5.41) is 8.62. The molecule has 190 valence electrons. The van der Waals surface area contributed by atoms with Gasteiger partial charge >= 0.3 is 0 Å². The van der Waals surface area contributed by atoms with Crippen molar-refractivity contribution >= 4 is 16.5 Å². The number of imidazole rings is 1. The average Bonchev–Trinajstić information content (AvgIpc) is 3.58. The Kier molecular flexibility index (Phi) is 6.62. The summed E-state index contributed by atoms with van der Waals surface area (Å²) in [4.78, 5) is 21.8. The minimum atomic E-state index is 0.680. The van der Waals surface area contributed by atoms with E-state index < -0.39 is 0 Å². The van der Waals surface area contributed by atoms with E-state index >= 15 is 0 Å². The highest BCUT2D eigenvalue weighted by atomic mass is 15.1. The van der Waals surface area contributed by atoms with Gasteiger partial charge in [0.15, 0.2) is 5.82 Å². The van der Waals surface area contributed by atoms with E-state index in [-0.39, 0.29) is 0 Å². The molecule has 7 heteroatoms. The van der Waals surface area contributed by atoms with Crippen LogP contribution in [0.4, 0.5) is 0 Å². The predicted molar refractivity (Wildman–Crippen MR) is 155 cm³/mol. The lowest BCUT2D eigenvalue weighted by Crippen LogP contribution is -1.94. The first-order valence-corrected chi connectivity index (χ1v) is 12.8. The standard InChI is InChI=1S/C32H27N7/c1-3-8-26(24-11-7-14-33-18-24)30-21(2)36-32(37-30)31-27-16-28(35-20-29(27)38-39-31)25-15-23(17-34-19-25)13-12-22-9-5-4-6-10-22/h3-11,14-20H,1,12-13H2,2H3,(H,36,37)(H,38,39)/b26-8-. The van der Waals surface area contributed by atoms with Crippen molar-refractivity contribution in [2.24, 2.45) is 0 Å². The normalized spacial score (nSPS) is 11.7. The molecule has 0 spiro atoms. The van der Waals surface area contributed by atoms with Gasteiger partial charge in [0.05, 0.1) is 23.1 Å². The van der Waals surface area contributed by atoms with Gasteiger partial charge in [-0.3, -0.25) is 20.1 Å². The Morgan fingerprint density at radius 2 is 1.79 bits per heavy atom. The maximum atomic E-state index is 4.95. The number of H-pyrrole nitrogens is 2. The molecule has 0 aliphatic heterocycles. The van der Waals surface area contributed by atoms with Crippen molar-refractivity contribution in [3.05, 3.63) is 132 Å². The Morgan fingerprint density at radius 3 is 2.62 bits per heavy atom. The minimum Gasteiger partial charge on any atom is -0.340 e. The summed E-state index contributed by atoms with van der Waals surface area (Å²) in [5.41, 5.74) is 9.55. The third kappa shape index (κ3) is 5.02. The van der Waals surface area contributed by atoms with E-state index in [0.717, 1.165) is 63.2 Å². The smallest absolute Gasteiger partial charge is 0.159 e. The molecule has 6 rings (SSSR count). The number of pyridine rings is 3. The van der Waals surface area contributed by atoms with Crippen LogP contribution in [-0.2, 0) is 12.8 Å². The van der Waals surface area contributed by atoms with E-state index in [1.807, 2.05) is 62.1 Å². The van der Waals surface area contributed by atoms with E-state index in [1.54, 1.807) is 12.3 Å². The van der Waals surface area contributed by atoms with E-state index in [1.165, 1.54) is 11.1 Å². The highest BCUT2D eigenvalue weighted by molar-refractivity contribution is 5.93. The zero-order chi connectivity index (χ0) is 26.6. The van der Waals surface area contributed by atoms with Crippen LogP contribution in [0, 0.1) is 6.92 Å². The van der Waals surface area contributed by atoms with Crippen molar-refractivity contribution in [1.29, 1.82) is 0 Å². The van der Waals surface area contributed by atoms with E-state index in [9.17, 15) is 0 Å². The van der Waals surface area contributed by atoms with Crippen LogP contribution in [0.5, 0.6) is 0 Å². The van der Waals surface area contributed by atoms with Crippen molar-refractivity contribution in [2.75, 3.05) is 0 Å². The first-order valence-electron chi connectivity index (χ1n) is 12.8. The summed E-state index contributed by atoms with van der Waals surface area (Å²) < 4.78 is 0. The summed E-state index contributed by atoms with van der Waals surface area (Å²) in [5.74, 6) is 0.680. The van der Waals surface area contributed by atoms with Gasteiger partial charge in [0.2, 0.25) is 0 Å². The molecule has 5 heterocycles. The van der Waals surface area contributed by atoms with Crippen molar-refractivity contribution in [3.63, 3.8) is 0 Å². The molecule has 0 saturated carbocycles. The van der Waals surface area contributed by atoms with Crippen LogP contribution in [0.15, 0.2) is 104 Å². The lowest BCUT2D eigenvalue weighted by Gasteiger charge is -2.06. The topological polar surface area (TPSA) is 96.0 Å². The highest BCUT2D eigenvalue weighted by Crippen LogP contribution is 2.31. The largest absolute Gasteiger partial charge is 0.340 e. The summed E-state index contributed by atoms with van der Waals surface area (Å²) in [6, 6.07) is 18.6. The Hall–Kier alpha value is -5.17. The van der Waals surface area contributed by atoms with Gasteiger partial charge in [0, 0.05) is 52.6 Å². The van der Waals surface area contributed by atoms with E-state index in [0.29, 0.717) is 5.82 Å². The van der Waals surface area contributed by atoms with Crippen molar-refractivity contribution < 1.29 is 0 Å². The van der Waals surface area contributed by atoms with Crippen LogP contribution < -0.4 is 0 Å². The SMILES string of the molecule is C=C/C=C(/c1cccnc1)c1nc(-c2n[nH]c3cnc(-c4cncc(CCc5ccccc5)c4)cc23)[nH]c1C. The van der Waals surface area contributed by atoms with Crippen LogP contribution in [0.1, 0.15) is 28.1 Å². The molecule has 0 atom stereocenters. The fraction of sp³-hybridized carbons (Fsp3) is 0.0938. The molecule has 0 aliphatic rings. The number of hydrogen-bond acceptors (Lipinski definition) is 5. The van der Waals surface area contributed by atoms with Gasteiger partial charge in [-0.15, -0.1) is 0 Å². The fourth-order valence-corrected chi connectivity index (χ4v) is 4.74.